The number of hydrogen-bond acceptors (Lipinski definition) is 5. The standard InChI is InChI=1S/C27H32N8O/c1-4-8-23-18-34(24-11-7-16-33(24)20(3)5-2)26(36)35(23)19-27(12-14-28-15-13-27)22-10-6-9-21(17-22)25-29-31-32-30-25/h6-7,9-12,14-18,20H,4-5,8,13,19H2,1-3H3,(H,29,30,31,32). The van der Waals surface area contributed by atoms with Crippen LogP contribution in [0.15, 0.2) is 70.9 Å². The highest BCUT2D eigenvalue weighted by molar-refractivity contribution is 5.65. The summed E-state index contributed by atoms with van der Waals surface area (Å²) in [5.74, 6) is 1.52. The molecule has 2 atom stereocenters. The normalized spacial score (nSPS) is 18.1. The van der Waals surface area contributed by atoms with Crippen molar-refractivity contribution in [3.63, 3.8) is 0 Å². The van der Waals surface area contributed by atoms with Crippen LogP contribution in [0.4, 0.5) is 0 Å². The number of benzene rings is 1. The molecule has 0 radical (unpaired) electrons. The maximum atomic E-state index is 14.0. The Balaban J connectivity index is 1.60. The molecule has 9 heteroatoms. The van der Waals surface area contributed by atoms with Gasteiger partial charge < -0.3 is 4.57 Å². The fourth-order valence-corrected chi connectivity index (χ4v) is 4.97. The van der Waals surface area contributed by atoms with Gasteiger partial charge in [0.25, 0.3) is 0 Å². The van der Waals surface area contributed by atoms with Crippen LogP contribution in [0, 0.1) is 0 Å². The number of imidazole rings is 1. The molecule has 1 aliphatic rings. The van der Waals surface area contributed by atoms with Crippen LogP contribution in [-0.2, 0) is 18.4 Å². The maximum Gasteiger partial charge on any atom is 0.334 e. The summed E-state index contributed by atoms with van der Waals surface area (Å²) in [5.41, 5.74) is 2.57. The number of aliphatic imine (C=N–C) groups is 1. The highest BCUT2D eigenvalue weighted by atomic mass is 16.1. The van der Waals surface area contributed by atoms with Gasteiger partial charge in [-0.2, -0.15) is 0 Å². The van der Waals surface area contributed by atoms with E-state index in [2.05, 4.69) is 75.4 Å². The molecule has 186 valence electrons. The molecule has 0 bridgehead atoms. The molecule has 0 saturated carbocycles. The monoisotopic (exact) mass is 484 g/mol. The van der Waals surface area contributed by atoms with Crippen LogP contribution in [0.25, 0.3) is 17.2 Å². The Labute approximate surface area is 210 Å². The van der Waals surface area contributed by atoms with Crippen molar-refractivity contribution in [1.29, 1.82) is 0 Å². The second-order valence-corrected chi connectivity index (χ2v) is 9.48. The van der Waals surface area contributed by atoms with Gasteiger partial charge in [0.2, 0.25) is 0 Å². The van der Waals surface area contributed by atoms with E-state index in [1.165, 1.54) is 0 Å². The van der Waals surface area contributed by atoms with Gasteiger partial charge in [0, 0.05) is 54.1 Å². The van der Waals surface area contributed by atoms with Gasteiger partial charge in [-0.1, -0.05) is 44.5 Å². The van der Waals surface area contributed by atoms with Gasteiger partial charge in [-0.3, -0.25) is 14.1 Å². The van der Waals surface area contributed by atoms with E-state index in [0.717, 1.165) is 41.9 Å². The number of nitrogens with zero attached hydrogens (tertiary/aromatic N) is 7. The van der Waals surface area contributed by atoms with Gasteiger partial charge in [-0.15, -0.1) is 5.10 Å². The second kappa shape index (κ2) is 9.93. The lowest BCUT2D eigenvalue weighted by Crippen LogP contribution is -2.37. The first-order valence-electron chi connectivity index (χ1n) is 12.6. The molecule has 2 unspecified atom stereocenters. The molecule has 0 saturated heterocycles. The predicted octanol–water partition coefficient (Wildman–Crippen LogP) is 4.47. The third-order valence-corrected chi connectivity index (χ3v) is 7.17. The summed E-state index contributed by atoms with van der Waals surface area (Å²) >= 11 is 0. The number of aromatic amines is 1. The molecule has 9 nitrogen and oxygen atoms in total. The van der Waals surface area contributed by atoms with Gasteiger partial charge in [0.15, 0.2) is 5.82 Å². The van der Waals surface area contributed by atoms with Crippen molar-refractivity contribution in [2.24, 2.45) is 4.99 Å². The molecule has 5 rings (SSSR count). The Morgan fingerprint density at radius 3 is 2.81 bits per heavy atom. The molecule has 0 fully saturated rings. The Bertz CT molecular complexity index is 1440. The summed E-state index contributed by atoms with van der Waals surface area (Å²) in [6.07, 6.45) is 13.4. The number of tetrazole rings is 1. The summed E-state index contributed by atoms with van der Waals surface area (Å²) < 4.78 is 5.94. The van der Waals surface area contributed by atoms with E-state index in [1.807, 2.05) is 52.0 Å². The van der Waals surface area contributed by atoms with Crippen molar-refractivity contribution < 1.29 is 0 Å². The van der Waals surface area contributed by atoms with Crippen LogP contribution in [0.1, 0.15) is 57.3 Å². The molecule has 0 amide bonds. The first-order chi connectivity index (χ1) is 17.6. The second-order valence-electron chi connectivity index (χ2n) is 9.48. The lowest BCUT2D eigenvalue weighted by Gasteiger charge is -2.32. The molecule has 1 aromatic carbocycles. The number of allylic oxidation sites excluding steroid dienone is 1. The average Bonchev–Trinajstić information content (AvgIpc) is 3.67. The molecule has 1 aliphatic heterocycles. The lowest BCUT2D eigenvalue weighted by molar-refractivity contribution is 0.438. The van der Waals surface area contributed by atoms with Crippen molar-refractivity contribution in [3.05, 3.63) is 82.8 Å². The van der Waals surface area contributed by atoms with Crippen LogP contribution in [0.5, 0.6) is 0 Å². The smallest absolute Gasteiger partial charge is 0.331 e. The van der Waals surface area contributed by atoms with Crippen molar-refractivity contribution in [3.8, 4) is 17.2 Å². The highest BCUT2D eigenvalue weighted by Gasteiger charge is 2.33. The van der Waals surface area contributed by atoms with Crippen molar-refractivity contribution in [2.75, 3.05) is 0 Å². The molecule has 0 aliphatic carbocycles. The molecular formula is C27H32N8O. The largest absolute Gasteiger partial charge is 0.334 e. The fourth-order valence-electron chi connectivity index (χ4n) is 4.97. The number of H-pyrrole nitrogens is 1. The lowest BCUT2D eigenvalue weighted by atomic mass is 9.76. The van der Waals surface area contributed by atoms with E-state index in [1.54, 1.807) is 0 Å². The van der Waals surface area contributed by atoms with Gasteiger partial charge >= 0.3 is 5.69 Å². The minimum atomic E-state index is -0.428. The van der Waals surface area contributed by atoms with Crippen LogP contribution in [-0.4, -0.2) is 40.5 Å². The number of aromatic nitrogens is 7. The molecule has 4 aromatic rings. The van der Waals surface area contributed by atoms with Crippen molar-refractivity contribution >= 4 is 6.21 Å². The van der Waals surface area contributed by atoms with Gasteiger partial charge in [-0.05, 0) is 60.4 Å². The Morgan fingerprint density at radius 1 is 1.19 bits per heavy atom. The van der Waals surface area contributed by atoms with Crippen LogP contribution in [0.2, 0.25) is 0 Å². The Kier molecular flexibility index (Phi) is 6.54. The number of rotatable bonds is 9. The van der Waals surface area contributed by atoms with E-state index in [4.69, 9.17) is 0 Å². The molecule has 36 heavy (non-hydrogen) atoms. The Hall–Kier alpha value is -4.01. The summed E-state index contributed by atoms with van der Waals surface area (Å²) in [4.78, 5) is 18.3. The number of hydrogen-bond donors (Lipinski definition) is 1. The SMILES string of the molecule is CCCc1cn(-c2cccn2C(C)CC)c(=O)n1CC1(c2cccc(-c3nnn[nH]3)c2)C=CN=CC1. The molecule has 1 N–H and O–H groups in total. The summed E-state index contributed by atoms with van der Waals surface area (Å²) in [5, 5.41) is 14.3. The first kappa shape index (κ1) is 23.7. The van der Waals surface area contributed by atoms with E-state index in [9.17, 15) is 4.79 Å². The van der Waals surface area contributed by atoms with E-state index in [-0.39, 0.29) is 5.69 Å². The summed E-state index contributed by atoms with van der Waals surface area (Å²) in [6.45, 7) is 7.00. The third-order valence-electron chi connectivity index (χ3n) is 7.17. The zero-order valence-electron chi connectivity index (χ0n) is 21.0. The average molecular weight is 485 g/mol. The number of aryl methyl sites for hydroxylation is 1. The summed E-state index contributed by atoms with van der Waals surface area (Å²) in [7, 11) is 0. The van der Waals surface area contributed by atoms with Crippen LogP contribution in [0.3, 0.4) is 0 Å². The maximum absolute atomic E-state index is 14.0. The zero-order chi connectivity index (χ0) is 25.1. The van der Waals surface area contributed by atoms with Gasteiger partial charge in [0.05, 0.1) is 0 Å². The molecule has 4 heterocycles. The van der Waals surface area contributed by atoms with Gasteiger partial charge in [0.1, 0.15) is 5.82 Å². The van der Waals surface area contributed by atoms with Crippen molar-refractivity contribution in [2.45, 2.75) is 64.5 Å². The molecular weight excluding hydrogens is 452 g/mol. The minimum absolute atomic E-state index is 0.0208. The highest BCUT2D eigenvalue weighted by Crippen LogP contribution is 2.35. The summed E-state index contributed by atoms with van der Waals surface area (Å²) in [6, 6.07) is 12.5. The Morgan fingerprint density at radius 2 is 2.08 bits per heavy atom. The van der Waals surface area contributed by atoms with Crippen molar-refractivity contribution in [1.82, 2.24) is 34.3 Å². The van der Waals surface area contributed by atoms with E-state index in [0.29, 0.717) is 24.8 Å². The van der Waals surface area contributed by atoms with Crippen LogP contribution < -0.4 is 5.69 Å². The van der Waals surface area contributed by atoms with Gasteiger partial charge in [-0.25, -0.2) is 9.89 Å². The minimum Gasteiger partial charge on any atom is -0.331 e. The van der Waals surface area contributed by atoms with E-state index < -0.39 is 5.41 Å². The van der Waals surface area contributed by atoms with E-state index >= 15 is 0 Å². The number of nitrogens with one attached hydrogen (secondary N) is 1. The topological polar surface area (TPSA) is 98.7 Å². The first-order valence-corrected chi connectivity index (χ1v) is 12.6. The fraction of sp³-hybridized carbons (Fsp3) is 0.370. The quantitative estimate of drug-likeness (QED) is 0.379. The molecule has 3 aromatic heterocycles. The zero-order valence-corrected chi connectivity index (χ0v) is 21.0. The van der Waals surface area contributed by atoms with Crippen LogP contribution >= 0.6 is 0 Å². The third kappa shape index (κ3) is 4.25. The molecule has 0 spiro atoms. The predicted molar refractivity (Wildman–Crippen MR) is 141 cm³/mol.